The maximum Gasteiger partial charge on any atom is 0.229 e. The molecule has 1 amide bonds. The molecule has 3 aromatic carbocycles. The molecular weight excluding hydrogens is 410 g/mol. The van der Waals surface area contributed by atoms with E-state index in [2.05, 4.69) is 91.3 Å². The Balaban J connectivity index is 1.66. The number of nitrogens with zero attached hydrogens (tertiary/aromatic N) is 1. The van der Waals surface area contributed by atoms with Crippen molar-refractivity contribution in [1.82, 2.24) is 0 Å². The van der Waals surface area contributed by atoms with Crippen LogP contribution in [0.5, 0.6) is 0 Å². The van der Waals surface area contributed by atoms with Gasteiger partial charge in [0.2, 0.25) is 5.91 Å². The standard InChI is InChI=1S/C25H26BrNO/c1-16-12-22(26)13-17(2)24(16)27-15-19(11-18(3)25(27)28)14-21-9-6-8-20-7-4-5-10-23(20)21/h4-10,12-13,18-19H,11,14-15H2,1-3H3/t18-,19-/m1/s1. The second kappa shape index (κ2) is 7.71. The van der Waals surface area contributed by atoms with Gasteiger partial charge in [-0.25, -0.2) is 0 Å². The zero-order valence-corrected chi connectivity index (χ0v) is 18.3. The fourth-order valence-electron chi connectivity index (χ4n) is 4.75. The molecule has 0 aromatic heterocycles. The van der Waals surface area contributed by atoms with Crippen LogP contribution in [0.2, 0.25) is 0 Å². The Hall–Kier alpha value is -2.13. The minimum Gasteiger partial charge on any atom is -0.311 e. The quantitative estimate of drug-likeness (QED) is 0.462. The van der Waals surface area contributed by atoms with Crippen LogP contribution in [0.15, 0.2) is 59.1 Å². The van der Waals surface area contributed by atoms with Crippen LogP contribution in [0.4, 0.5) is 5.69 Å². The fourth-order valence-corrected chi connectivity index (χ4v) is 5.44. The SMILES string of the molecule is Cc1cc(Br)cc(C)c1N1C[C@@H](Cc2cccc3ccccc23)C[C@@H](C)C1=O. The summed E-state index contributed by atoms with van der Waals surface area (Å²) in [7, 11) is 0. The molecule has 0 radical (unpaired) electrons. The van der Waals surface area contributed by atoms with E-state index in [1.54, 1.807) is 0 Å². The van der Waals surface area contributed by atoms with Gasteiger partial charge in [-0.05, 0) is 72.2 Å². The van der Waals surface area contributed by atoms with Crippen molar-refractivity contribution in [2.75, 3.05) is 11.4 Å². The second-order valence-corrected chi connectivity index (χ2v) is 9.10. The maximum absolute atomic E-state index is 13.0. The Kier molecular flexibility index (Phi) is 5.29. The van der Waals surface area contributed by atoms with Gasteiger partial charge in [0, 0.05) is 22.6 Å². The van der Waals surface area contributed by atoms with E-state index < -0.39 is 0 Å². The highest BCUT2D eigenvalue weighted by molar-refractivity contribution is 9.10. The van der Waals surface area contributed by atoms with Crippen molar-refractivity contribution in [2.45, 2.75) is 33.6 Å². The molecule has 1 saturated heterocycles. The van der Waals surface area contributed by atoms with Gasteiger partial charge in [0.25, 0.3) is 0 Å². The van der Waals surface area contributed by atoms with Crippen LogP contribution in [0, 0.1) is 25.7 Å². The van der Waals surface area contributed by atoms with Crippen molar-refractivity contribution >= 4 is 38.3 Å². The summed E-state index contributed by atoms with van der Waals surface area (Å²) in [6, 6.07) is 19.4. The van der Waals surface area contributed by atoms with Crippen LogP contribution in [0.1, 0.15) is 30.0 Å². The van der Waals surface area contributed by atoms with Crippen molar-refractivity contribution in [3.05, 3.63) is 75.8 Å². The highest BCUT2D eigenvalue weighted by Gasteiger charge is 2.33. The lowest BCUT2D eigenvalue weighted by Gasteiger charge is -2.38. The number of piperidine rings is 1. The lowest BCUT2D eigenvalue weighted by molar-refractivity contribution is -0.124. The Morgan fingerprint density at radius 1 is 1.04 bits per heavy atom. The number of anilines is 1. The first kappa shape index (κ1) is 19.2. The number of rotatable bonds is 3. The predicted octanol–water partition coefficient (Wildman–Crippen LogP) is 6.45. The van der Waals surface area contributed by atoms with E-state index >= 15 is 0 Å². The predicted molar refractivity (Wildman–Crippen MR) is 121 cm³/mol. The lowest BCUT2D eigenvalue weighted by atomic mass is 9.84. The summed E-state index contributed by atoms with van der Waals surface area (Å²) in [6.45, 7) is 7.06. The molecule has 0 bridgehead atoms. The first-order chi connectivity index (χ1) is 13.4. The monoisotopic (exact) mass is 435 g/mol. The van der Waals surface area contributed by atoms with E-state index in [0.717, 1.165) is 40.7 Å². The number of halogens is 1. The van der Waals surface area contributed by atoms with Crippen LogP contribution in [0.3, 0.4) is 0 Å². The van der Waals surface area contributed by atoms with Crippen LogP contribution in [-0.2, 0) is 11.2 Å². The summed E-state index contributed by atoms with van der Waals surface area (Å²) in [4.78, 5) is 15.1. The number of amides is 1. The van der Waals surface area contributed by atoms with Crippen molar-refractivity contribution in [3.63, 3.8) is 0 Å². The molecule has 0 unspecified atom stereocenters. The highest BCUT2D eigenvalue weighted by Crippen LogP contribution is 2.35. The van der Waals surface area contributed by atoms with E-state index in [9.17, 15) is 4.79 Å². The summed E-state index contributed by atoms with van der Waals surface area (Å²) in [5.74, 6) is 0.764. The topological polar surface area (TPSA) is 20.3 Å². The molecule has 0 spiro atoms. The number of carbonyl (C=O) groups is 1. The Morgan fingerprint density at radius 2 is 1.71 bits per heavy atom. The third kappa shape index (κ3) is 3.60. The van der Waals surface area contributed by atoms with Gasteiger partial charge in [-0.15, -0.1) is 0 Å². The first-order valence-corrected chi connectivity index (χ1v) is 10.8. The summed E-state index contributed by atoms with van der Waals surface area (Å²) in [6.07, 6.45) is 1.96. The lowest BCUT2D eigenvalue weighted by Crippen LogP contribution is -2.45. The largest absolute Gasteiger partial charge is 0.311 e. The molecule has 28 heavy (non-hydrogen) atoms. The van der Waals surface area contributed by atoms with E-state index in [1.807, 2.05) is 4.90 Å². The molecule has 144 valence electrons. The highest BCUT2D eigenvalue weighted by atomic mass is 79.9. The Bertz CT molecular complexity index is 1010. The van der Waals surface area contributed by atoms with Crippen LogP contribution >= 0.6 is 15.9 Å². The molecular formula is C25H26BrNO. The minimum absolute atomic E-state index is 0.0520. The van der Waals surface area contributed by atoms with Gasteiger partial charge >= 0.3 is 0 Å². The summed E-state index contributed by atoms with van der Waals surface area (Å²) in [5, 5.41) is 2.62. The molecule has 1 heterocycles. The van der Waals surface area contributed by atoms with E-state index in [4.69, 9.17) is 0 Å². The smallest absolute Gasteiger partial charge is 0.229 e. The van der Waals surface area contributed by atoms with Crippen LogP contribution in [-0.4, -0.2) is 12.5 Å². The normalized spacial score (nSPS) is 20.0. The zero-order chi connectivity index (χ0) is 19.8. The van der Waals surface area contributed by atoms with E-state index in [1.165, 1.54) is 16.3 Å². The van der Waals surface area contributed by atoms with Crippen LogP contribution < -0.4 is 4.90 Å². The first-order valence-electron chi connectivity index (χ1n) is 9.99. The molecule has 2 atom stereocenters. The van der Waals surface area contributed by atoms with Crippen LogP contribution in [0.25, 0.3) is 10.8 Å². The summed E-state index contributed by atoms with van der Waals surface area (Å²) < 4.78 is 1.07. The molecule has 1 aliphatic rings. The van der Waals surface area contributed by atoms with Crippen molar-refractivity contribution in [2.24, 2.45) is 11.8 Å². The number of fused-ring (bicyclic) bond motifs is 1. The number of benzene rings is 3. The number of aryl methyl sites for hydroxylation is 2. The van der Waals surface area contributed by atoms with Gasteiger partial charge in [-0.1, -0.05) is 65.3 Å². The molecule has 2 nitrogen and oxygen atoms in total. The zero-order valence-electron chi connectivity index (χ0n) is 16.7. The number of hydrogen-bond donors (Lipinski definition) is 0. The molecule has 3 aromatic rings. The van der Waals surface area contributed by atoms with Crippen molar-refractivity contribution in [3.8, 4) is 0 Å². The second-order valence-electron chi connectivity index (χ2n) is 8.18. The number of carbonyl (C=O) groups excluding carboxylic acids is 1. The maximum atomic E-state index is 13.0. The van der Waals surface area contributed by atoms with E-state index in [-0.39, 0.29) is 11.8 Å². The van der Waals surface area contributed by atoms with Gasteiger partial charge in [0.1, 0.15) is 0 Å². The summed E-state index contributed by atoms with van der Waals surface area (Å²) >= 11 is 3.57. The molecule has 1 aliphatic heterocycles. The van der Waals surface area contributed by atoms with E-state index in [0.29, 0.717) is 5.92 Å². The fraction of sp³-hybridized carbons (Fsp3) is 0.320. The molecule has 1 fully saturated rings. The van der Waals surface area contributed by atoms with Crippen molar-refractivity contribution < 1.29 is 4.79 Å². The van der Waals surface area contributed by atoms with Gasteiger partial charge in [0.05, 0.1) is 0 Å². The number of hydrogen-bond acceptors (Lipinski definition) is 1. The average molecular weight is 436 g/mol. The molecule has 0 N–H and O–H groups in total. The molecule has 4 rings (SSSR count). The van der Waals surface area contributed by atoms with Gasteiger partial charge in [-0.2, -0.15) is 0 Å². The molecule has 3 heteroatoms. The van der Waals surface area contributed by atoms with Gasteiger partial charge in [0.15, 0.2) is 0 Å². The van der Waals surface area contributed by atoms with Crippen molar-refractivity contribution in [1.29, 1.82) is 0 Å². The third-order valence-corrected chi connectivity index (χ3v) is 6.39. The summed E-state index contributed by atoms with van der Waals surface area (Å²) in [5.41, 5.74) is 4.77. The Labute approximate surface area is 175 Å². The molecule has 0 saturated carbocycles. The minimum atomic E-state index is 0.0520. The Morgan fingerprint density at radius 3 is 2.46 bits per heavy atom. The third-order valence-electron chi connectivity index (χ3n) is 5.93. The van der Waals surface area contributed by atoms with Gasteiger partial charge in [-0.3, -0.25) is 4.79 Å². The average Bonchev–Trinajstić information content (AvgIpc) is 2.65. The van der Waals surface area contributed by atoms with Gasteiger partial charge < -0.3 is 4.90 Å². The molecule has 0 aliphatic carbocycles.